The average molecular weight is 299 g/mol. The van der Waals surface area contributed by atoms with Crippen molar-refractivity contribution in [3.05, 3.63) is 53.1 Å². The lowest BCUT2D eigenvalue weighted by Gasteiger charge is -2.12. The molecule has 1 N–H and O–H groups in total. The molecule has 4 nitrogen and oxygen atoms in total. The average Bonchev–Trinajstić information content (AvgIpc) is 2.48. The number of nitriles is 1. The number of aromatic carboxylic acids is 1. The smallest absolute Gasteiger partial charge is 0.336 e. The molecule has 5 heteroatoms. The van der Waals surface area contributed by atoms with Crippen LogP contribution in [0.3, 0.4) is 0 Å². The van der Waals surface area contributed by atoms with Gasteiger partial charge in [-0.2, -0.15) is 5.26 Å². The Labute approximate surface area is 127 Å². The summed E-state index contributed by atoms with van der Waals surface area (Å²) in [5.74, 6) is -0.143. The molecule has 2 aromatic rings. The summed E-state index contributed by atoms with van der Waals surface area (Å²) in [4.78, 5) is 12.0. The van der Waals surface area contributed by atoms with E-state index in [9.17, 15) is 10.1 Å². The van der Waals surface area contributed by atoms with Crippen molar-refractivity contribution in [2.24, 2.45) is 0 Å². The summed E-state index contributed by atoms with van der Waals surface area (Å²) < 4.78 is 5.77. The number of benzene rings is 2. The summed E-state index contributed by atoms with van der Waals surface area (Å²) in [6.45, 7) is 1.68. The Morgan fingerprint density at radius 1 is 1.24 bits per heavy atom. The minimum absolute atomic E-state index is 0.187. The molecule has 0 spiro atoms. The van der Waals surface area contributed by atoms with Gasteiger partial charge in [-0.25, -0.2) is 4.79 Å². The molecule has 0 radical (unpaired) electrons. The number of thioether (sulfide) groups is 1. The van der Waals surface area contributed by atoms with Gasteiger partial charge in [0.25, 0.3) is 0 Å². The van der Waals surface area contributed by atoms with E-state index in [2.05, 4.69) is 6.07 Å². The molecule has 0 heterocycles. The van der Waals surface area contributed by atoms with Crippen LogP contribution in [0.25, 0.3) is 0 Å². The molecule has 2 aromatic carbocycles. The van der Waals surface area contributed by atoms with Crippen molar-refractivity contribution in [1.82, 2.24) is 0 Å². The molecule has 0 aliphatic heterocycles. The standard InChI is InChI=1S/C16H13NO3S/c1-10-11(16(18)19)5-3-6-13(10)20-14-7-4-8-15(21-2)12(14)9-17/h3-8H,1-2H3,(H,18,19). The molecule has 0 aromatic heterocycles. The van der Waals surface area contributed by atoms with E-state index < -0.39 is 5.97 Å². The van der Waals surface area contributed by atoms with E-state index in [1.165, 1.54) is 17.8 Å². The fourth-order valence-electron chi connectivity index (χ4n) is 1.95. The third kappa shape index (κ3) is 3.01. The van der Waals surface area contributed by atoms with E-state index in [-0.39, 0.29) is 5.56 Å². The molecule has 0 amide bonds. The van der Waals surface area contributed by atoms with Gasteiger partial charge in [-0.05, 0) is 37.4 Å². The zero-order valence-electron chi connectivity index (χ0n) is 11.6. The second kappa shape index (κ2) is 6.33. The Morgan fingerprint density at radius 3 is 2.52 bits per heavy atom. The fraction of sp³-hybridized carbons (Fsp3) is 0.125. The van der Waals surface area contributed by atoms with E-state index in [1.54, 1.807) is 31.2 Å². The van der Waals surface area contributed by atoms with E-state index in [1.807, 2.05) is 12.3 Å². The predicted octanol–water partition coefficient (Wildman–Crippen LogP) is 4.08. The van der Waals surface area contributed by atoms with Crippen LogP contribution in [0.15, 0.2) is 41.3 Å². The van der Waals surface area contributed by atoms with Crippen LogP contribution in [-0.2, 0) is 0 Å². The van der Waals surface area contributed by atoms with Gasteiger partial charge < -0.3 is 9.84 Å². The SMILES string of the molecule is CSc1cccc(Oc2cccc(C(=O)O)c2C)c1C#N. The lowest BCUT2D eigenvalue weighted by molar-refractivity contribution is 0.0695. The maximum Gasteiger partial charge on any atom is 0.336 e. The maximum atomic E-state index is 11.1. The Hall–Kier alpha value is -2.45. The first-order valence-electron chi connectivity index (χ1n) is 6.16. The number of ether oxygens (including phenoxy) is 1. The lowest BCUT2D eigenvalue weighted by atomic mass is 10.1. The first-order chi connectivity index (χ1) is 10.1. The molecule has 0 fully saturated rings. The highest BCUT2D eigenvalue weighted by Gasteiger charge is 2.14. The molecular weight excluding hydrogens is 286 g/mol. The summed E-state index contributed by atoms with van der Waals surface area (Å²) in [6, 6.07) is 12.3. The number of rotatable bonds is 4. The highest BCUT2D eigenvalue weighted by atomic mass is 32.2. The van der Waals surface area contributed by atoms with Crippen molar-refractivity contribution < 1.29 is 14.6 Å². The number of nitrogens with zero attached hydrogens (tertiary/aromatic N) is 1. The number of carboxylic acids is 1. The predicted molar refractivity (Wildman–Crippen MR) is 81.2 cm³/mol. The molecule has 0 saturated heterocycles. The van der Waals surface area contributed by atoms with Gasteiger partial charge in [-0.3, -0.25) is 0 Å². The summed E-state index contributed by atoms with van der Waals surface area (Å²) in [7, 11) is 0. The second-order valence-corrected chi connectivity index (χ2v) is 5.13. The molecule has 0 unspecified atom stereocenters. The van der Waals surface area contributed by atoms with E-state index in [0.29, 0.717) is 22.6 Å². The zero-order valence-corrected chi connectivity index (χ0v) is 12.4. The van der Waals surface area contributed by atoms with Gasteiger partial charge in [0.05, 0.1) is 5.56 Å². The molecule has 0 atom stereocenters. The van der Waals surface area contributed by atoms with Gasteiger partial charge in [0, 0.05) is 10.5 Å². The summed E-state index contributed by atoms with van der Waals surface area (Å²) in [5.41, 5.74) is 1.17. The zero-order chi connectivity index (χ0) is 15.4. The van der Waals surface area contributed by atoms with Gasteiger partial charge in [0.2, 0.25) is 0 Å². The Kier molecular flexibility index (Phi) is 4.51. The third-order valence-corrected chi connectivity index (χ3v) is 3.83. The van der Waals surface area contributed by atoms with Gasteiger partial charge in [0.1, 0.15) is 23.1 Å². The van der Waals surface area contributed by atoms with Gasteiger partial charge >= 0.3 is 5.97 Å². The van der Waals surface area contributed by atoms with Gasteiger partial charge in [-0.15, -0.1) is 11.8 Å². The quantitative estimate of drug-likeness (QED) is 0.861. The van der Waals surface area contributed by atoms with Crippen molar-refractivity contribution in [1.29, 1.82) is 5.26 Å². The normalized spacial score (nSPS) is 9.95. The van der Waals surface area contributed by atoms with Crippen molar-refractivity contribution in [3.8, 4) is 17.6 Å². The summed E-state index contributed by atoms with van der Waals surface area (Å²) >= 11 is 1.46. The van der Waals surface area contributed by atoms with Crippen molar-refractivity contribution in [2.45, 2.75) is 11.8 Å². The number of carboxylic acid groups (broad SMARTS) is 1. The second-order valence-electron chi connectivity index (χ2n) is 4.28. The number of hydrogen-bond acceptors (Lipinski definition) is 4. The Bertz CT molecular complexity index is 735. The Balaban J connectivity index is 2.47. The topological polar surface area (TPSA) is 70.3 Å². The third-order valence-electron chi connectivity index (χ3n) is 3.05. The molecule has 0 aliphatic rings. The van der Waals surface area contributed by atoms with Crippen molar-refractivity contribution in [3.63, 3.8) is 0 Å². The first kappa shape index (κ1) is 14.9. The van der Waals surface area contributed by atoms with Gasteiger partial charge in [-0.1, -0.05) is 12.1 Å². The van der Waals surface area contributed by atoms with Crippen LogP contribution in [-0.4, -0.2) is 17.3 Å². The number of carbonyl (C=O) groups is 1. The molecule has 21 heavy (non-hydrogen) atoms. The largest absolute Gasteiger partial charge is 0.478 e. The highest BCUT2D eigenvalue weighted by Crippen LogP contribution is 2.33. The molecule has 2 rings (SSSR count). The summed E-state index contributed by atoms with van der Waals surface area (Å²) in [6.07, 6.45) is 1.89. The summed E-state index contributed by atoms with van der Waals surface area (Å²) in [5, 5.41) is 18.4. The van der Waals surface area contributed by atoms with Crippen LogP contribution >= 0.6 is 11.8 Å². The van der Waals surface area contributed by atoms with Crippen LogP contribution in [0.4, 0.5) is 0 Å². The van der Waals surface area contributed by atoms with Gasteiger partial charge in [0.15, 0.2) is 0 Å². The Morgan fingerprint density at radius 2 is 1.90 bits per heavy atom. The minimum Gasteiger partial charge on any atom is -0.478 e. The van der Waals surface area contributed by atoms with Crippen LogP contribution in [0.5, 0.6) is 11.5 Å². The first-order valence-corrected chi connectivity index (χ1v) is 7.38. The maximum absolute atomic E-state index is 11.1. The van der Waals surface area contributed by atoms with Crippen LogP contribution in [0.2, 0.25) is 0 Å². The van der Waals surface area contributed by atoms with E-state index in [4.69, 9.17) is 9.84 Å². The minimum atomic E-state index is -1.00. The highest BCUT2D eigenvalue weighted by molar-refractivity contribution is 7.98. The van der Waals surface area contributed by atoms with Crippen LogP contribution < -0.4 is 4.74 Å². The monoisotopic (exact) mass is 299 g/mol. The van der Waals surface area contributed by atoms with Crippen molar-refractivity contribution >= 4 is 17.7 Å². The molecule has 106 valence electrons. The number of hydrogen-bond donors (Lipinski definition) is 1. The van der Waals surface area contributed by atoms with Crippen LogP contribution in [0.1, 0.15) is 21.5 Å². The fourth-order valence-corrected chi connectivity index (χ4v) is 2.52. The lowest BCUT2D eigenvalue weighted by Crippen LogP contribution is -2.01. The van der Waals surface area contributed by atoms with E-state index >= 15 is 0 Å². The molecule has 0 saturated carbocycles. The van der Waals surface area contributed by atoms with E-state index in [0.717, 1.165) is 4.90 Å². The molecule has 0 bridgehead atoms. The molecular formula is C16H13NO3S. The van der Waals surface area contributed by atoms with Crippen LogP contribution in [0, 0.1) is 18.3 Å². The molecule has 0 aliphatic carbocycles. The van der Waals surface area contributed by atoms with Crippen molar-refractivity contribution in [2.75, 3.05) is 6.26 Å².